The molecule has 1 unspecified atom stereocenters. The van der Waals surface area contributed by atoms with Crippen LogP contribution in [0.25, 0.3) is 0 Å². The van der Waals surface area contributed by atoms with Crippen LogP contribution in [0.4, 0.5) is 5.82 Å². The molecule has 15 heavy (non-hydrogen) atoms. The zero-order chi connectivity index (χ0) is 10.3. The van der Waals surface area contributed by atoms with Crippen LogP contribution in [0.15, 0.2) is 18.6 Å². The van der Waals surface area contributed by atoms with Gasteiger partial charge >= 0.3 is 0 Å². The van der Waals surface area contributed by atoms with Crippen LogP contribution in [0.3, 0.4) is 0 Å². The molecule has 2 bridgehead atoms. The average molecular weight is 204 g/mol. The first-order chi connectivity index (χ1) is 7.34. The van der Waals surface area contributed by atoms with E-state index < -0.39 is 0 Å². The molecular weight excluding hydrogens is 188 g/mol. The molecule has 2 N–H and O–H groups in total. The summed E-state index contributed by atoms with van der Waals surface area (Å²) < 4.78 is 0. The summed E-state index contributed by atoms with van der Waals surface area (Å²) in [5.74, 6) is 1.02. The van der Waals surface area contributed by atoms with Crippen molar-refractivity contribution in [3.05, 3.63) is 18.6 Å². The van der Waals surface area contributed by atoms with E-state index in [2.05, 4.69) is 14.9 Å². The Hall–Kier alpha value is -1.16. The van der Waals surface area contributed by atoms with Gasteiger partial charge < -0.3 is 10.6 Å². The van der Waals surface area contributed by atoms with Crippen molar-refractivity contribution in [2.75, 3.05) is 4.90 Å². The zero-order valence-electron chi connectivity index (χ0n) is 8.71. The van der Waals surface area contributed by atoms with Gasteiger partial charge in [0.15, 0.2) is 0 Å². The number of rotatable bonds is 1. The number of hydrogen-bond acceptors (Lipinski definition) is 4. The average Bonchev–Trinajstić information content (AvgIpc) is 2.53. The van der Waals surface area contributed by atoms with Gasteiger partial charge in [0.25, 0.3) is 0 Å². The third-order valence-corrected chi connectivity index (χ3v) is 3.58. The first-order valence-electron chi connectivity index (χ1n) is 5.64. The lowest BCUT2D eigenvalue weighted by molar-refractivity contribution is 0.412. The van der Waals surface area contributed by atoms with Gasteiger partial charge in [-0.15, -0.1) is 0 Å². The molecule has 0 aliphatic carbocycles. The highest BCUT2D eigenvalue weighted by Gasteiger charge is 2.40. The van der Waals surface area contributed by atoms with E-state index in [1.165, 1.54) is 12.8 Å². The van der Waals surface area contributed by atoms with E-state index in [4.69, 9.17) is 5.73 Å². The van der Waals surface area contributed by atoms with Gasteiger partial charge in [0.05, 0.1) is 6.20 Å². The summed E-state index contributed by atoms with van der Waals surface area (Å²) in [5.41, 5.74) is 6.03. The van der Waals surface area contributed by atoms with Gasteiger partial charge in [-0.25, -0.2) is 4.98 Å². The molecule has 0 aromatic carbocycles. The first-order valence-corrected chi connectivity index (χ1v) is 5.64. The van der Waals surface area contributed by atoms with Crippen LogP contribution in [0, 0.1) is 0 Å². The Labute approximate surface area is 89.5 Å². The molecule has 80 valence electrons. The van der Waals surface area contributed by atoms with Gasteiger partial charge in [-0.3, -0.25) is 4.98 Å². The van der Waals surface area contributed by atoms with Crippen LogP contribution >= 0.6 is 0 Å². The fraction of sp³-hybridized carbons (Fsp3) is 0.636. The molecule has 0 amide bonds. The Kier molecular flexibility index (Phi) is 2.09. The van der Waals surface area contributed by atoms with Crippen molar-refractivity contribution in [3.63, 3.8) is 0 Å². The highest BCUT2D eigenvalue weighted by atomic mass is 15.3. The molecule has 3 rings (SSSR count). The van der Waals surface area contributed by atoms with Crippen molar-refractivity contribution in [1.29, 1.82) is 0 Å². The minimum absolute atomic E-state index is 0.385. The van der Waals surface area contributed by atoms with Gasteiger partial charge in [-0.2, -0.15) is 0 Å². The van der Waals surface area contributed by atoms with E-state index in [0.29, 0.717) is 18.1 Å². The van der Waals surface area contributed by atoms with Gasteiger partial charge in [0, 0.05) is 30.5 Å². The predicted molar refractivity (Wildman–Crippen MR) is 58.5 cm³/mol. The van der Waals surface area contributed by atoms with Crippen molar-refractivity contribution < 1.29 is 0 Å². The van der Waals surface area contributed by atoms with Crippen molar-refractivity contribution in [1.82, 2.24) is 9.97 Å². The minimum Gasteiger partial charge on any atom is -0.349 e. The molecule has 0 saturated carbocycles. The minimum atomic E-state index is 0.385. The molecule has 3 heterocycles. The zero-order valence-corrected chi connectivity index (χ0v) is 8.71. The number of nitrogens with two attached hydrogens (primary N) is 1. The summed E-state index contributed by atoms with van der Waals surface area (Å²) in [6.45, 7) is 0. The highest BCUT2D eigenvalue weighted by molar-refractivity contribution is 5.41. The third-order valence-electron chi connectivity index (χ3n) is 3.58. The fourth-order valence-corrected chi connectivity index (χ4v) is 3.02. The number of nitrogens with zero attached hydrogens (tertiary/aromatic N) is 3. The van der Waals surface area contributed by atoms with E-state index in [0.717, 1.165) is 18.7 Å². The molecule has 1 aromatic rings. The van der Waals surface area contributed by atoms with Crippen molar-refractivity contribution in [3.8, 4) is 0 Å². The summed E-state index contributed by atoms with van der Waals surface area (Å²) in [5, 5.41) is 0. The molecule has 2 aliphatic heterocycles. The van der Waals surface area contributed by atoms with Crippen LogP contribution in [-0.4, -0.2) is 28.1 Å². The number of anilines is 1. The smallest absolute Gasteiger partial charge is 0.147 e. The maximum absolute atomic E-state index is 6.03. The number of fused-ring (bicyclic) bond motifs is 2. The summed E-state index contributed by atoms with van der Waals surface area (Å²) in [6, 6.07) is 1.57. The molecule has 0 radical (unpaired) electrons. The van der Waals surface area contributed by atoms with Crippen LogP contribution in [0.2, 0.25) is 0 Å². The van der Waals surface area contributed by atoms with Gasteiger partial charge in [-0.1, -0.05) is 0 Å². The molecular formula is C11H16N4. The monoisotopic (exact) mass is 204 g/mol. The lowest BCUT2D eigenvalue weighted by Gasteiger charge is -2.38. The second-order valence-corrected chi connectivity index (χ2v) is 4.59. The van der Waals surface area contributed by atoms with Crippen molar-refractivity contribution in [2.45, 2.75) is 43.8 Å². The molecule has 4 heteroatoms. The highest BCUT2D eigenvalue weighted by Crippen LogP contribution is 2.37. The third kappa shape index (κ3) is 1.49. The normalized spacial score (nSPS) is 34.5. The Morgan fingerprint density at radius 3 is 2.53 bits per heavy atom. The quantitative estimate of drug-likeness (QED) is 0.739. The van der Waals surface area contributed by atoms with Crippen LogP contribution < -0.4 is 10.6 Å². The van der Waals surface area contributed by atoms with Gasteiger partial charge in [-0.05, 0) is 25.7 Å². The van der Waals surface area contributed by atoms with Gasteiger partial charge in [0.2, 0.25) is 0 Å². The summed E-state index contributed by atoms with van der Waals surface area (Å²) >= 11 is 0. The number of hydrogen-bond donors (Lipinski definition) is 1. The van der Waals surface area contributed by atoms with Crippen LogP contribution in [0.5, 0.6) is 0 Å². The van der Waals surface area contributed by atoms with E-state index in [1.807, 2.05) is 6.20 Å². The second kappa shape index (κ2) is 3.45. The molecule has 2 saturated heterocycles. The van der Waals surface area contributed by atoms with E-state index in [1.54, 1.807) is 12.4 Å². The largest absolute Gasteiger partial charge is 0.349 e. The predicted octanol–water partition coefficient (Wildman–Crippen LogP) is 0.935. The van der Waals surface area contributed by atoms with Crippen molar-refractivity contribution >= 4 is 5.82 Å². The first kappa shape index (κ1) is 9.09. The summed E-state index contributed by atoms with van der Waals surface area (Å²) in [7, 11) is 0. The molecule has 2 fully saturated rings. The maximum Gasteiger partial charge on any atom is 0.147 e. The van der Waals surface area contributed by atoms with E-state index >= 15 is 0 Å². The SMILES string of the molecule is NC1C[C@H]2CC[C@@H](C1)N2c1cnccn1. The summed E-state index contributed by atoms with van der Waals surface area (Å²) in [6.07, 6.45) is 10.1. The van der Waals surface area contributed by atoms with E-state index in [-0.39, 0.29) is 0 Å². The van der Waals surface area contributed by atoms with Gasteiger partial charge in [0.1, 0.15) is 5.82 Å². The number of piperidine rings is 1. The lowest BCUT2D eigenvalue weighted by Crippen LogP contribution is -2.47. The molecule has 0 spiro atoms. The fourth-order valence-electron chi connectivity index (χ4n) is 3.02. The maximum atomic E-state index is 6.03. The molecule has 2 aliphatic rings. The van der Waals surface area contributed by atoms with E-state index in [9.17, 15) is 0 Å². The number of aromatic nitrogens is 2. The Morgan fingerprint density at radius 2 is 1.93 bits per heavy atom. The Balaban J connectivity index is 1.89. The standard InChI is InChI=1S/C11H16N4/c12-8-5-9-1-2-10(6-8)15(9)11-7-13-3-4-14-11/h3-4,7-10H,1-2,5-6,12H2/t8?,9-,10+. The second-order valence-electron chi connectivity index (χ2n) is 4.59. The topological polar surface area (TPSA) is 55.0 Å². The molecule has 1 aromatic heterocycles. The lowest BCUT2D eigenvalue weighted by atomic mass is 9.98. The molecule has 3 atom stereocenters. The van der Waals surface area contributed by atoms with Crippen LogP contribution in [0.1, 0.15) is 25.7 Å². The Morgan fingerprint density at radius 1 is 1.20 bits per heavy atom. The summed E-state index contributed by atoms with van der Waals surface area (Å²) in [4.78, 5) is 11.0. The van der Waals surface area contributed by atoms with Crippen molar-refractivity contribution in [2.24, 2.45) is 5.73 Å². The Bertz CT molecular complexity index is 326. The molecule has 4 nitrogen and oxygen atoms in total. The van der Waals surface area contributed by atoms with Crippen LogP contribution in [-0.2, 0) is 0 Å².